The summed E-state index contributed by atoms with van der Waals surface area (Å²) in [5.41, 5.74) is 0.458. The lowest BCUT2D eigenvalue weighted by atomic mass is 10.1. The van der Waals surface area contributed by atoms with E-state index in [1.165, 1.54) is 18.2 Å². The summed E-state index contributed by atoms with van der Waals surface area (Å²) in [6, 6.07) is 3.98. The standard InChI is InChI=1S/C9H10ClFO/c1-2-9(12)7-5-6(11)3-4-8(7)10/h3-5,9,12H,2H2,1H3. The van der Waals surface area contributed by atoms with Gasteiger partial charge in [-0.2, -0.15) is 0 Å². The molecule has 0 spiro atoms. The number of hydrogen-bond acceptors (Lipinski definition) is 1. The van der Waals surface area contributed by atoms with Gasteiger partial charge in [-0.1, -0.05) is 18.5 Å². The molecule has 0 aliphatic rings. The Morgan fingerprint density at radius 3 is 2.83 bits per heavy atom. The molecule has 0 saturated carbocycles. The minimum absolute atomic E-state index is 0.373. The summed E-state index contributed by atoms with van der Waals surface area (Å²) < 4.78 is 12.7. The summed E-state index contributed by atoms with van der Waals surface area (Å²) in [5.74, 6) is -0.373. The lowest BCUT2D eigenvalue weighted by molar-refractivity contribution is 0.173. The molecular weight excluding hydrogens is 179 g/mol. The molecule has 1 aromatic carbocycles. The van der Waals surface area contributed by atoms with Gasteiger partial charge >= 0.3 is 0 Å². The van der Waals surface area contributed by atoms with Crippen LogP contribution in [-0.4, -0.2) is 5.11 Å². The largest absolute Gasteiger partial charge is 0.388 e. The average molecular weight is 189 g/mol. The molecule has 66 valence electrons. The second-order valence-electron chi connectivity index (χ2n) is 2.59. The molecule has 12 heavy (non-hydrogen) atoms. The number of halogens is 2. The summed E-state index contributed by atoms with van der Waals surface area (Å²) in [4.78, 5) is 0. The predicted octanol–water partition coefficient (Wildman–Crippen LogP) is 2.92. The van der Waals surface area contributed by atoms with E-state index in [0.29, 0.717) is 17.0 Å². The molecule has 0 radical (unpaired) electrons. The predicted molar refractivity (Wildman–Crippen MR) is 46.7 cm³/mol. The molecule has 0 aliphatic heterocycles. The minimum atomic E-state index is -0.673. The van der Waals surface area contributed by atoms with Crippen molar-refractivity contribution in [1.29, 1.82) is 0 Å². The highest BCUT2D eigenvalue weighted by Gasteiger charge is 2.09. The van der Waals surface area contributed by atoms with Gasteiger partial charge in [0.2, 0.25) is 0 Å². The third-order valence-electron chi connectivity index (χ3n) is 1.70. The van der Waals surface area contributed by atoms with E-state index in [0.717, 1.165) is 0 Å². The van der Waals surface area contributed by atoms with Crippen molar-refractivity contribution in [2.24, 2.45) is 0 Å². The summed E-state index contributed by atoms with van der Waals surface area (Å²) in [6.07, 6.45) is -0.142. The van der Waals surface area contributed by atoms with E-state index in [1.807, 2.05) is 6.92 Å². The van der Waals surface area contributed by atoms with Crippen LogP contribution in [0.1, 0.15) is 25.0 Å². The van der Waals surface area contributed by atoms with Crippen molar-refractivity contribution in [3.05, 3.63) is 34.6 Å². The van der Waals surface area contributed by atoms with Crippen LogP contribution in [0.15, 0.2) is 18.2 Å². The molecule has 0 saturated heterocycles. The van der Waals surface area contributed by atoms with Crippen molar-refractivity contribution in [3.63, 3.8) is 0 Å². The number of hydrogen-bond donors (Lipinski definition) is 1. The Balaban J connectivity index is 3.04. The topological polar surface area (TPSA) is 20.2 Å². The van der Waals surface area contributed by atoms with Gasteiger partial charge in [-0.15, -0.1) is 0 Å². The molecule has 1 aromatic rings. The van der Waals surface area contributed by atoms with Gasteiger partial charge in [0.25, 0.3) is 0 Å². The van der Waals surface area contributed by atoms with E-state index < -0.39 is 6.10 Å². The van der Waals surface area contributed by atoms with Gasteiger partial charge < -0.3 is 5.11 Å². The monoisotopic (exact) mass is 188 g/mol. The summed E-state index contributed by atoms with van der Waals surface area (Å²) in [5, 5.41) is 9.79. The van der Waals surface area contributed by atoms with Gasteiger partial charge in [-0.05, 0) is 24.6 Å². The Hall–Kier alpha value is -0.600. The molecule has 0 aliphatic carbocycles. The van der Waals surface area contributed by atoms with Crippen LogP contribution in [0.3, 0.4) is 0 Å². The number of aliphatic hydroxyl groups excluding tert-OH is 1. The Morgan fingerprint density at radius 2 is 2.25 bits per heavy atom. The second-order valence-corrected chi connectivity index (χ2v) is 3.00. The molecule has 3 heteroatoms. The highest BCUT2D eigenvalue weighted by Crippen LogP contribution is 2.25. The lowest BCUT2D eigenvalue weighted by Crippen LogP contribution is -1.96. The maximum Gasteiger partial charge on any atom is 0.123 e. The fourth-order valence-corrected chi connectivity index (χ4v) is 1.23. The maximum absolute atomic E-state index is 12.7. The van der Waals surface area contributed by atoms with E-state index in [9.17, 15) is 9.50 Å². The molecule has 0 amide bonds. The molecule has 0 fully saturated rings. The van der Waals surface area contributed by atoms with Crippen molar-refractivity contribution >= 4 is 11.6 Å². The molecule has 1 rings (SSSR count). The van der Waals surface area contributed by atoms with Crippen molar-refractivity contribution < 1.29 is 9.50 Å². The van der Waals surface area contributed by atoms with Crippen LogP contribution in [0, 0.1) is 5.82 Å². The van der Waals surface area contributed by atoms with E-state index in [1.54, 1.807) is 0 Å². The van der Waals surface area contributed by atoms with E-state index in [2.05, 4.69) is 0 Å². The second kappa shape index (κ2) is 3.87. The summed E-state index contributed by atoms with van der Waals surface area (Å²) in [7, 11) is 0. The van der Waals surface area contributed by atoms with Crippen LogP contribution in [0.2, 0.25) is 5.02 Å². The maximum atomic E-state index is 12.7. The molecule has 1 nitrogen and oxygen atoms in total. The summed E-state index contributed by atoms with van der Waals surface area (Å²) >= 11 is 5.74. The molecule has 0 bridgehead atoms. The highest BCUT2D eigenvalue weighted by molar-refractivity contribution is 6.31. The minimum Gasteiger partial charge on any atom is -0.388 e. The van der Waals surface area contributed by atoms with Crippen LogP contribution in [0.5, 0.6) is 0 Å². The Bertz CT molecular complexity index is 275. The smallest absolute Gasteiger partial charge is 0.123 e. The van der Waals surface area contributed by atoms with E-state index in [-0.39, 0.29) is 5.82 Å². The van der Waals surface area contributed by atoms with Crippen LogP contribution in [0.25, 0.3) is 0 Å². The fourth-order valence-electron chi connectivity index (χ4n) is 0.990. The average Bonchev–Trinajstić information content (AvgIpc) is 2.08. The normalized spacial score (nSPS) is 13.0. The third kappa shape index (κ3) is 1.96. The van der Waals surface area contributed by atoms with Crippen molar-refractivity contribution in [2.45, 2.75) is 19.4 Å². The molecule has 1 unspecified atom stereocenters. The van der Waals surface area contributed by atoms with E-state index in [4.69, 9.17) is 11.6 Å². The molecule has 0 aromatic heterocycles. The van der Waals surface area contributed by atoms with Crippen LogP contribution in [0.4, 0.5) is 4.39 Å². The van der Waals surface area contributed by atoms with E-state index >= 15 is 0 Å². The van der Waals surface area contributed by atoms with Crippen molar-refractivity contribution in [1.82, 2.24) is 0 Å². The number of benzene rings is 1. The number of rotatable bonds is 2. The third-order valence-corrected chi connectivity index (χ3v) is 2.05. The van der Waals surface area contributed by atoms with Crippen LogP contribution < -0.4 is 0 Å². The van der Waals surface area contributed by atoms with Gasteiger partial charge in [0.15, 0.2) is 0 Å². The van der Waals surface area contributed by atoms with Gasteiger partial charge in [0.05, 0.1) is 6.10 Å². The Morgan fingerprint density at radius 1 is 1.58 bits per heavy atom. The zero-order valence-electron chi connectivity index (χ0n) is 6.72. The van der Waals surface area contributed by atoms with Crippen LogP contribution >= 0.6 is 11.6 Å². The zero-order valence-corrected chi connectivity index (χ0v) is 7.48. The van der Waals surface area contributed by atoms with Crippen molar-refractivity contribution in [2.75, 3.05) is 0 Å². The first-order chi connectivity index (χ1) is 5.65. The highest BCUT2D eigenvalue weighted by atomic mass is 35.5. The number of aliphatic hydroxyl groups is 1. The quantitative estimate of drug-likeness (QED) is 0.757. The van der Waals surface area contributed by atoms with Crippen molar-refractivity contribution in [3.8, 4) is 0 Å². The first kappa shape index (κ1) is 9.49. The Kier molecular flexibility index (Phi) is 3.06. The lowest BCUT2D eigenvalue weighted by Gasteiger charge is -2.09. The first-order valence-electron chi connectivity index (χ1n) is 3.78. The van der Waals surface area contributed by atoms with Gasteiger partial charge in [0.1, 0.15) is 5.82 Å². The zero-order chi connectivity index (χ0) is 9.14. The van der Waals surface area contributed by atoms with Crippen LogP contribution in [-0.2, 0) is 0 Å². The molecule has 1 atom stereocenters. The summed E-state index contributed by atoms with van der Waals surface area (Å²) in [6.45, 7) is 1.81. The Labute approximate surface area is 75.8 Å². The molecule has 1 N–H and O–H groups in total. The van der Waals surface area contributed by atoms with Gasteiger partial charge in [-0.3, -0.25) is 0 Å². The molecule has 0 heterocycles. The first-order valence-corrected chi connectivity index (χ1v) is 4.16. The SMILES string of the molecule is CCC(O)c1cc(F)ccc1Cl. The van der Waals surface area contributed by atoms with Gasteiger partial charge in [0, 0.05) is 10.6 Å². The van der Waals surface area contributed by atoms with Gasteiger partial charge in [-0.25, -0.2) is 4.39 Å². The fraction of sp³-hybridized carbons (Fsp3) is 0.333. The molecular formula is C9H10ClFO.